The number of nitrogens with two attached hydrogens (primary N) is 1. The molecule has 0 bridgehead atoms. The molecule has 1 fully saturated rings. The van der Waals surface area contributed by atoms with Crippen LogP contribution in [0.2, 0.25) is 0 Å². The van der Waals surface area contributed by atoms with Crippen molar-refractivity contribution in [3.05, 3.63) is 15.9 Å². The molecule has 1 atom stereocenters. The molecule has 0 aliphatic heterocycles. The van der Waals surface area contributed by atoms with Crippen molar-refractivity contribution in [2.75, 3.05) is 7.11 Å². The highest BCUT2D eigenvalue weighted by atomic mass is 79.9. The molecule has 0 saturated heterocycles. The molecule has 96 valence electrons. The van der Waals surface area contributed by atoms with Crippen LogP contribution in [-0.4, -0.2) is 28.5 Å². The molecule has 1 aliphatic rings. The Kier molecular flexibility index (Phi) is 3.61. The Hall–Kier alpha value is -0.390. The molecule has 0 amide bonds. The number of halogens is 1. The molecule has 1 aliphatic carbocycles. The molecule has 0 radical (unpaired) electrons. The van der Waals surface area contributed by atoms with Gasteiger partial charge in [-0.1, -0.05) is 0 Å². The van der Waals surface area contributed by atoms with Crippen molar-refractivity contribution in [3.8, 4) is 0 Å². The first kappa shape index (κ1) is 13.1. The van der Waals surface area contributed by atoms with E-state index < -0.39 is 0 Å². The summed E-state index contributed by atoms with van der Waals surface area (Å²) in [6, 6.07) is 0.0346. The molecule has 1 heterocycles. The van der Waals surface area contributed by atoms with Crippen molar-refractivity contribution < 1.29 is 4.74 Å². The van der Waals surface area contributed by atoms with Gasteiger partial charge in [-0.15, -0.1) is 0 Å². The second kappa shape index (κ2) is 4.71. The Morgan fingerprint density at radius 1 is 1.59 bits per heavy atom. The molecule has 5 heteroatoms. The molecule has 1 aromatic heterocycles. The molecule has 2 rings (SSSR count). The van der Waals surface area contributed by atoms with Gasteiger partial charge in [0, 0.05) is 26.6 Å². The average molecular weight is 302 g/mol. The second-order valence-electron chi connectivity index (χ2n) is 4.90. The molecule has 17 heavy (non-hydrogen) atoms. The lowest BCUT2D eigenvalue weighted by Gasteiger charge is -2.45. The highest BCUT2D eigenvalue weighted by molar-refractivity contribution is 9.10. The fraction of sp³-hybridized carbons (Fsp3) is 0.750. The molecular weight excluding hydrogens is 282 g/mol. The van der Waals surface area contributed by atoms with E-state index >= 15 is 0 Å². The standard InChI is InChI=1S/C12H20BrN3O/c1-8-11(13)9(16(2)15-8)7-10(14)12(17-3)5-4-6-12/h10H,4-7,14H2,1-3H3. The predicted molar refractivity (Wildman–Crippen MR) is 70.9 cm³/mol. The Morgan fingerprint density at radius 2 is 2.24 bits per heavy atom. The summed E-state index contributed by atoms with van der Waals surface area (Å²) in [6.07, 6.45) is 4.15. The van der Waals surface area contributed by atoms with Crippen LogP contribution in [0.3, 0.4) is 0 Å². The van der Waals surface area contributed by atoms with E-state index in [2.05, 4.69) is 21.0 Å². The van der Waals surface area contributed by atoms with Crippen LogP contribution in [0, 0.1) is 6.92 Å². The van der Waals surface area contributed by atoms with Gasteiger partial charge < -0.3 is 10.5 Å². The average Bonchev–Trinajstić information content (AvgIpc) is 2.44. The van der Waals surface area contributed by atoms with Crippen LogP contribution in [0.25, 0.3) is 0 Å². The first-order valence-electron chi connectivity index (χ1n) is 5.99. The van der Waals surface area contributed by atoms with Crippen LogP contribution in [0.1, 0.15) is 30.7 Å². The fourth-order valence-electron chi connectivity index (χ4n) is 2.55. The number of rotatable bonds is 4. The van der Waals surface area contributed by atoms with Gasteiger partial charge in [-0.25, -0.2) is 0 Å². The monoisotopic (exact) mass is 301 g/mol. The lowest BCUT2D eigenvalue weighted by atomic mass is 9.73. The van der Waals surface area contributed by atoms with E-state index in [1.54, 1.807) is 7.11 Å². The topological polar surface area (TPSA) is 53.1 Å². The minimum absolute atomic E-state index is 0.0346. The van der Waals surface area contributed by atoms with E-state index in [4.69, 9.17) is 10.5 Å². The number of methoxy groups -OCH3 is 1. The summed E-state index contributed by atoms with van der Waals surface area (Å²) in [7, 11) is 3.72. The zero-order chi connectivity index (χ0) is 12.6. The van der Waals surface area contributed by atoms with Gasteiger partial charge in [0.25, 0.3) is 0 Å². The summed E-state index contributed by atoms with van der Waals surface area (Å²) < 4.78 is 8.60. The van der Waals surface area contributed by atoms with Crippen LogP contribution in [0.4, 0.5) is 0 Å². The predicted octanol–water partition coefficient (Wildman–Crippen LogP) is 1.93. The van der Waals surface area contributed by atoms with Gasteiger partial charge in [0.2, 0.25) is 0 Å². The zero-order valence-electron chi connectivity index (χ0n) is 10.7. The summed E-state index contributed by atoms with van der Waals surface area (Å²) in [5, 5.41) is 4.39. The van der Waals surface area contributed by atoms with Gasteiger partial charge >= 0.3 is 0 Å². The Balaban J connectivity index is 2.15. The number of aryl methyl sites for hydroxylation is 2. The minimum atomic E-state index is -0.113. The first-order valence-corrected chi connectivity index (χ1v) is 6.78. The Labute approximate surface area is 111 Å². The largest absolute Gasteiger partial charge is 0.377 e. The molecule has 1 unspecified atom stereocenters. The van der Waals surface area contributed by atoms with E-state index in [0.29, 0.717) is 0 Å². The fourth-order valence-corrected chi connectivity index (χ4v) is 3.05. The number of hydrogen-bond acceptors (Lipinski definition) is 3. The molecule has 0 spiro atoms. The van der Waals surface area contributed by atoms with Crippen LogP contribution in [-0.2, 0) is 18.2 Å². The van der Waals surface area contributed by atoms with Crippen molar-refractivity contribution in [1.29, 1.82) is 0 Å². The molecule has 1 saturated carbocycles. The van der Waals surface area contributed by atoms with Gasteiger partial charge in [-0.2, -0.15) is 5.10 Å². The maximum atomic E-state index is 6.32. The molecule has 2 N–H and O–H groups in total. The molecule has 0 aromatic carbocycles. The highest BCUT2D eigenvalue weighted by Crippen LogP contribution is 2.38. The summed E-state index contributed by atoms with van der Waals surface area (Å²) in [4.78, 5) is 0. The van der Waals surface area contributed by atoms with E-state index in [1.807, 2.05) is 18.7 Å². The lowest BCUT2D eigenvalue weighted by Crippen LogP contribution is -2.55. The second-order valence-corrected chi connectivity index (χ2v) is 5.70. The number of ether oxygens (including phenoxy) is 1. The first-order chi connectivity index (χ1) is 8.00. The van der Waals surface area contributed by atoms with Gasteiger partial charge in [-0.3, -0.25) is 4.68 Å². The smallest absolute Gasteiger partial charge is 0.0832 e. The van der Waals surface area contributed by atoms with Crippen LogP contribution in [0.15, 0.2) is 4.47 Å². The number of hydrogen-bond donors (Lipinski definition) is 1. The molecular formula is C12H20BrN3O. The minimum Gasteiger partial charge on any atom is -0.377 e. The summed E-state index contributed by atoms with van der Waals surface area (Å²) in [5.74, 6) is 0. The quantitative estimate of drug-likeness (QED) is 0.924. The summed E-state index contributed by atoms with van der Waals surface area (Å²) in [6.45, 7) is 1.99. The third kappa shape index (κ3) is 2.16. The van der Waals surface area contributed by atoms with Crippen LogP contribution in [0.5, 0.6) is 0 Å². The van der Waals surface area contributed by atoms with Gasteiger partial charge in [0.15, 0.2) is 0 Å². The van der Waals surface area contributed by atoms with Crippen LogP contribution < -0.4 is 5.73 Å². The van der Waals surface area contributed by atoms with E-state index in [1.165, 1.54) is 6.42 Å². The van der Waals surface area contributed by atoms with Crippen molar-refractivity contribution in [2.24, 2.45) is 12.8 Å². The van der Waals surface area contributed by atoms with E-state index in [-0.39, 0.29) is 11.6 Å². The third-order valence-electron chi connectivity index (χ3n) is 3.96. The Bertz CT molecular complexity index is 407. The summed E-state index contributed by atoms with van der Waals surface area (Å²) in [5.41, 5.74) is 8.36. The van der Waals surface area contributed by atoms with E-state index in [9.17, 15) is 0 Å². The van der Waals surface area contributed by atoms with E-state index in [0.717, 1.165) is 35.1 Å². The maximum Gasteiger partial charge on any atom is 0.0832 e. The van der Waals surface area contributed by atoms with Crippen molar-refractivity contribution >= 4 is 15.9 Å². The lowest BCUT2D eigenvalue weighted by molar-refractivity contribution is -0.0900. The maximum absolute atomic E-state index is 6.32. The number of nitrogens with zero attached hydrogens (tertiary/aromatic N) is 2. The van der Waals surface area contributed by atoms with Gasteiger partial charge in [-0.05, 0) is 42.1 Å². The van der Waals surface area contributed by atoms with Crippen molar-refractivity contribution in [2.45, 2.75) is 44.2 Å². The van der Waals surface area contributed by atoms with Crippen molar-refractivity contribution in [3.63, 3.8) is 0 Å². The zero-order valence-corrected chi connectivity index (χ0v) is 12.2. The van der Waals surface area contributed by atoms with Crippen LogP contribution >= 0.6 is 15.9 Å². The number of aromatic nitrogens is 2. The normalized spacial score (nSPS) is 20.1. The van der Waals surface area contributed by atoms with Gasteiger partial charge in [0.1, 0.15) is 0 Å². The van der Waals surface area contributed by atoms with Crippen molar-refractivity contribution in [1.82, 2.24) is 9.78 Å². The highest BCUT2D eigenvalue weighted by Gasteiger charge is 2.43. The summed E-state index contributed by atoms with van der Waals surface area (Å²) >= 11 is 3.58. The SMILES string of the molecule is COC1(C(N)Cc2c(Br)c(C)nn2C)CCC1. The third-order valence-corrected chi connectivity index (χ3v) is 4.99. The molecule has 1 aromatic rings. The molecule has 4 nitrogen and oxygen atoms in total. The Morgan fingerprint density at radius 3 is 2.59 bits per heavy atom. The van der Waals surface area contributed by atoms with Gasteiger partial charge in [0.05, 0.1) is 21.5 Å².